The molecule has 0 radical (unpaired) electrons. The van der Waals surface area contributed by atoms with Gasteiger partial charge in [0, 0.05) is 6.20 Å². The molecule has 0 fully saturated rings. The molecule has 0 saturated carbocycles. The van der Waals surface area contributed by atoms with Gasteiger partial charge in [-0.3, -0.25) is 4.79 Å². The van der Waals surface area contributed by atoms with Crippen molar-refractivity contribution in [2.24, 2.45) is 0 Å². The average molecular weight is 263 g/mol. The third-order valence-corrected chi connectivity index (χ3v) is 2.38. The molecule has 0 atom stereocenters. The molecule has 0 aliphatic carbocycles. The first-order valence-electron chi connectivity index (χ1n) is 5.37. The highest BCUT2D eigenvalue weighted by Gasteiger charge is 2.13. The minimum absolute atomic E-state index is 0.0385. The summed E-state index contributed by atoms with van der Waals surface area (Å²) in [5, 5.41) is 14.9. The molecule has 7 heteroatoms. The molecule has 6 nitrogen and oxygen atoms in total. The van der Waals surface area contributed by atoms with E-state index in [2.05, 4.69) is 10.4 Å². The zero-order chi connectivity index (χ0) is 13.8. The van der Waals surface area contributed by atoms with E-state index in [1.807, 2.05) is 0 Å². The van der Waals surface area contributed by atoms with E-state index in [4.69, 9.17) is 5.11 Å². The van der Waals surface area contributed by atoms with E-state index in [1.54, 1.807) is 6.07 Å². The molecule has 0 aliphatic heterocycles. The average Bonchev–Trinajstić information content (AvgIpc) is 2.80. The van der Waals surface area contributed by atoms with Crippen molar-refractivity contribution in [2.45, 2.75) is 6.54 Å². The summed E-state index contributed by atoms with van der Waals surface area (Å²) >= 11 is 0. The van der Waals surface area contributed by atoms with Gasteiger partial charge in [0.1, 0.15) is 18.1 Å². The zero-order valence-corrected chi connectivity index (χ0v) is 9.71. The van der Waals surface area contributed by atoms with Gasteiger partial charge < -0.3 is 10.4 Å². The number of benzene rings is 1. The summed E-state index contributed by atoms with van der Waals surface area (Å²) in [4.78, 5) is 22.5. The quantitative estimate of drug-likeness (QED) is 0.872. The van der Waals surface area contributed by atoms with Crippen LogP contribution in [-0.2, 0) is 11.3 Å². The maximum absolute atomic E-state index is 13.3. The van der Waals surface area contributed by atoms with Crippen molar-refractivity contribution in [3.63, 3.8) is 0 Å². The van der Waals surface area contributed by atoms with E-state index >= 15 is 0 Å². The lowest BCUT2D eigenvalue weighted by Gasteiger charge is -2.07. The number of rotatable bonds is 4. The first-order valence-corrected chi connectivity index (χ1v) is 5.37. The summed E-state index contributed by atoms with van der Waals surface area (Å²) in [7, 11) is 0. The monoisotopic (exact) mass is 263 g/mol. The number of aromatic nitrogens is 2. The molecule has 0 unspecified atom stereocenters. The first-order chi connectivity index (χ1) is 9.08. The van der Waals surface area contributed by atoms with Crippen LogP contribution in [0, 0.1) is 5.82 Å². The lowest BCUT2D eigenvalue weighted by Crippen LogP contribution is -2.22. The van der Waals surface area contributed by atoms with E-state index in [9.17, 15) is 14.0 Å². The molecule has 2 aromatic rings. The summed E-state index contributed by atoms with van der Waals surface area (Å²) in [5.74, 6) is -2.30. The SMILES string of the molecule is O=C(Cn1nccc1C(=O)O)Nc1ccccc1F. The molecule has 0 bridgehead atoms. The molecule has 0 saturated heterocycles. The Bertz CT molecular complexity index is 624. The molecular formula is C12H10FN3O3. The van der Waals surface area contributed by atoms with Crippen molar-refractivity contribution in [3.8, 4) is 0 Å². The second-order valence-corrected chi connectivity index (χ2v) is 3.71. The van der Waals surface area contributed by atoms with Crippen LogP contribution >= 0.6 is 0 Å². The second-order valence-electron chi connectivity index (χ2n) is 3.71. The van der Waals surface area contributed by atoms with Gasteiger partial charge in [0.05, 0.1) is 5.69 Å². The number of hydrogen-bond donors (Lipinski definition) is 2. The van der Waals surface area contributed by atoms with Gasteiger partial charge in [0.25, 0.3) is 0 Å². The number of carbonyl (C=O) groups excluding carboxylic acids is 1. The Labute approximate surface area is 107 Å². The fourth-order valence-corrected chi connectivity index (χ4v) is 1.53. The highest BCUT2D eigenvalue weighted by atomic mass is 19.1. The van der Waals surface area contributed by atoms with Crippen molar-refractivity contribution in [1.82, 2.24) is 9.78 Å². The summed E-state index contributed by atoms with van der Waals surface area (Å²) in [6, 6.07) is 6.98. The molecule has 1 aromatic heterocycles. The van der Waals surface area contributed by atoms with Crippen molar-refractivity contribution in [2.75, 3.05) is 5.32 Å². The van der Waals surface area contributed by atoms with Gasteiger partial charge in [0.2, 0.25) is 5.91 Å². The Morgan fingerprint density at radius 3 is 2.74 bits per heavy atom. The topological polar surface area (TPSA) is 84.2 Å². The second kappa shape index (κ2) is 5.30. The number of anilines is 1. The van der Waals surface area contributed by atoms with Crippen LogP contribution in [0.3, 0.4) is 0 Å². The standard InChI is InChI=1S/C12H10FN3O3/c13-8-3-1-2-4-9(8)15-11(17)7-16-10(12(18)19)5-6-14-16/h1-6H,7H2,(H,15,17)(H,18,19). The van der Waals surface area contributed by atoms with Gasteiger partial charge in [-0.05, 0) is 18.2 Å². The number of carboxylic acid groups (broad SMARTS) is 1. The molecule has 98 valence electrons. The molecule has 1 amide bonds. The Morgan fingerprint density at radius 2 is 2.05 bits per heavy atom. The van der Waals surface area contributed by atoms with E-state index < -0.39 is 17.7 Å². The summed E-state index contributed by atoms with van der Waals surface area (Å²) in [6.45, 7) is -0.303. The molecule has 1 heterocycles. The van der Waals surface area contributed by atoms with Crippen LogP contribution in [0.1, 0.15) is 10.5 Å². The lowest BCUT2D eigenvalue weighted by atomic mass is 10.3. The number of para-hydroxylation sites is 1. The Balaban J connectivity index is 2.08. The van der Waals surface area contributed by atoms with E-state index in [-0.39, 0.29) is 17.9 Å². The number of halogens is 1. The third kappa shape index (κ3) is 2.95. The minimum atomic E-state index is -1.18. The van der Waals surface area contributed by atoms with Crippen molar-refractivity contribution in [3.05, 3.63) is 48.0 Å². The number of amides is 1. The van der Waals surface area contributed by atoms with Crippen molar-refractivity contribution >= 4 is 17.6 Å². The predicted octanol–water partition coefficient (Wildman–Crippen LogP) is 1.36. The Hall–Kier alpha value is -2.70. The first kappa shape index (κ1) is 12.7. The summed E-state index contributed by atoms with van der Waals surface area (Å²) < 4.78 is 14.3. The fraction of sp³-hybridized carbons (Fsp3) is 0.0833. The van der Waals surface area contributed by atoms with Gasteiger partial charge in [-0.15, -0.1) is 0 Å². The zero-order valence-electron chi connectivity index (χ0n) is 9.71. The predicted molar refractivity (Wildman–Crippen MR) is 64.2 cm³/mol. The van der Waals surface area contributed by atoms with Crippen LogP contribution in [0.4, 0.5) is 10.1 Å². The maximum Gasteiger partial charge on any atom is 0.354 e. The number of aromatic carboxylic acids is 1. The molecule has 2 rings (SSSR count). The van der Waals surface area contributed by atoms with Gasteiger partial charge in [-0.2, -0.15) is 5.10 Å². The maximum atomic E-state index is 13.3. The molecule has 0 spiro atoms. The lowest BCUT2D eigenvalue weighted by molar-refractivity contribution is -0.116. The summed E-state index contributed by atoms with van der Waals surface area (Å²) in [6.07, 6.45) is 1.28. The molecular weight excluding hydrogens is 253 g/mol. The number of nitrogens with zero attached hydrogens (tertiary/aromatic N) is 2. The van der Waals surface area contributed by atoms with Crippen molar-refractivity contribution < 1.29 is 19.1 Å². The smallest absolute Gasteiger partial charge is 0.354 e. The van der Waals surface area contributed by atoms with Gasteiger partial charge in [-0.1, -0.05) is 12.1 Å². The van der Waals surface area contributed by atoms with Crippen LogP contribution in [-0.4, -0.2) is 26.8 Å². The van der Waals surface area contributed by atoms with Gasteiger partial charge in [-0.25, -0.2) is 13.9 Å². The van der Waals surface area contributed by atoms with Crippen LogP contribution in [0.5, 0.6) is 0 Å². The highest BCUT2D eigenvalue weighted by molar-refractivity contribution is 5.92. The number of nitrogens with one attached hydrogen (secondary N) is 1. The van der Waals surface area contributed by atoms with Crippen LogP contribution in [0.15, 0.2) is 36.5 Å². The molecule has 19 heavy (non-hydrogen) atoms. The van der Waals surface area contributed by atoms with E-state index in [1.165, 1.54) is 30.5 Å². The molecule has 0 aliphatic rings. The van der Waals surface area contributed by atoms with Crippen LogP contribution in [0.2, 0.25) is 0 Å². The van der Waals surface area contributed by atoms with Crippen molar-refractivity contribution in [1.29, 1.82) is 0 Å². The summed E-state index contributed by atoms with van der Waals surface area (Å²) in [5.41, 5.74) is -0.0692. The molecule has 1 aromatic carbocycles. The fourth-order valence-electron chi connectivity index (χ4n) is 1.53. The number of carboxylic acids is 1. The Kier molecular flexibility index (Phi) is 3.56. The number of carbonyl (C=O) groups is 2. The van der Waals surface area contributed by atoms with E-state index in [0.717, 1.165) is 4.68 Å². The van der Waals surface area contributed by atoms with Gasteiger partial charge >= 0.3 is 5.97 Å². The normalized spacial score (nSPS) is 10.2. The van der Waals surface area contributed by atoms with Gasteiger partial charge in [0.15, 0.2) is 0 Å². The minimum Gasteiger partial charge on any atom is -0.477 e. The highest BCUT2D eigenvalue weighted by Crippen LogP contribution is 2.12. The Morgan fingerprint density at radius 1 is 1.32 bits per heavy atom. The number of hydrogen-bond acceptors (Lipinski definition) is 3. The van der Waals surface area contributed by atoms with E-state index in [0.29, 0.717) is 0 Å². The van der Waals surface area contributed by atoms with Crippen LogP contribution < -0.4 is 5.32 Å². The largest absolute Gasteiger partial charge is 0.477 e. The third-order valence-electron chi connectivity index (χ3n) is 2.38. The molecule has 2 N–H and O–H groups in total. The van der Waals surface area contributed by atoms with Crippen LogP contribution in [0.25, 0.3) is 0 Å².